The SMILES string of the molecule is CCON=C1CCN(C(=O)Cc2ccc(-c3noc(C(F)(F)F)n3)cc2)CC1SC. The van der Waals surface area contributed by atoms with Crippen LogP contribution < -0.4 is 0 Å². The Balaban J connectivity index is 1.61. The summed E-state index contributed by atoms with van der Waals surface area (Å²) in [5.74, 6) is -1.56. The molecule has 1 aliphatic rings. The summed E-state index contributed by atoms with van der Waals surface area (Å²) in [5.41, 5.74) is 2.08. The normalized spacial score (nSPS) is 18.6. The molecule has 3 rings (SSSR count). The number of piperidine rings is 1. The van der Waals surface area contributed by atoms with E-state index in [0.717, 1.165) is 11.3 Å². The molecule has 1 saturated heterocycles. The third-order valence-electron chi connectivity index (χ3n) is 4.58. The number of hydrogen-bond donors (Lipinski definition) is 0. The van der Waals surface area contributed by atoms with Crippen molar-refractivity contribution in [3.63, 3.8) is 0 Å². The number of rotatable bonds is 6. The van der Waals surface area contributed by atoms with Crippen molar-refractivity contribution in [2.24, 2.45) is 5.16 Å². The lowest BCUT2D eigenvalue weighted by Crippen LogP contribution is -2.46. The van der Waals surface area contributed by atoms with Gasteiger partial charge in [-0.3, -0.25) is 4.79 Å². The first kappa shape index (κ1) is 22.1. The van der Waals surface area contributed by atoms with Crippen LogP contribution in [0.4, 0.5) is 13.2 Å². The van der Waals surface area contributed by atoms with E-state index < -0.39 is 12.1 Å². The van der Waals surface area contributed by atoms with Gasteiger partial charge in [-0.2, -0.15) is 29.9 Å². The van der Waals surface area contributed by atoms with Gasteiger partial charge in [0, 0.05) is 25.1 Å². The first-order chi connectivity index (χ1) is 14.3. The Morgan fingerprint density at radius 2 is 2.10 bits per heavy atom. The van der Waals surface area contributed by atoms with Crippen LogP contribution >= 0.6 is 11.8 Å². The molecule has 1 atom stereocenters. The molecule has 0 saturated carbocycles. The zero-order valence-electron chi connectivity index (χ0n) is 16.5. The average Bonchev–Trinajstić information content (AvgIpc) is 3.23. The molecule has 0 aliphatic carbocycles. The van der Waals surface area contributed by atoms with Gasteiger partial charge in [-0.1, -0.05) is 34.6 Å². The van der Waals surface area contributed by atoms with Crippen molar-refractivity contribution < 1.29 is 27.3 Å². The van der Waals surface area contributed by atoms with Gasteiger partial charge in [0.2, 0.25) is 11.7 Å². The highest BCUT2D eigenvalue weighted by Crippen LogP contribution is 2.29. The third-order valence-corrected chi connectivity index (χ3v) is 5.57. The number of halogens is 3. The van der Waals surface area contributed by atoms with Gasteiger partial charge in [0.15, 0.2) is 0 Å². The third kappa shape index (κ3) is 5.32. The number of amides is 1. The number of thioether (sulfide) groups is 1. The van der Waals surface area contributed by atoms with Crippen LogP contribution in [0, 0.1) is 0 Å². The number of likely N-dealkylation sites (tertiary alicyclic amines) is 1. The van der Waals surface area contributed by atoms with Gasteiger partial charge < -0.3 is 14.3 Å². The lowest BCUT2D eigenvalue weighted by atomic mass is 10.1. The molecule has 0 bridgehead atoms. The molecule has 162 valence electrons. The van der Waals surface area contributed by atoms with E-state index in [1.807, 2.05) is 13.2 Å². The van der Waals surface area contributed by atoms with Crippen molar-refractivity contribution in [3.8, 4) is 11.4 Å². The Labute approximate surface area is 175 Å². The van der Waals surface area contributed by atoms with E-state index in [1.165, 1.54) is 0 Å². The molecule has 1 fully saturated rings. The summed E-state index contributed by atoms with van der Waals surface area (Å²) < 4.78 is 42.0. The van der Waals surface area contributed by atoms with Gasteiger partial charge in [0.05, 0.1) is 17.4 Å². The average molecular weight is 442 g/mol. The molecule has 30 heavy (non-hydrogen) atoms. The predicted octanol–water partition coefficient (Wildman–Crippen LogP) is 3.65. The lowest BCUT2D eigenvalue weighted by molar-refractivity contribution is -0.159. The number of carbonyl (C=O) groups is 1. The Bertz CT molecular complexity index is 899. The van der Waals surface area contributed by atoms with Crippen molar-refractivity contribution in [1.82, 2.24) is 15.0 Å². The molecule has 1 amide bonds. The molecule has 2 aromatic rings. The van der Waals surface area contributed by atoms with E-state index in [2.05, 4.69) is 19.8 Å². The topological polar surface area (TPSA) is 80.8 Å². The van der Waals surface area contributed by atoms with E-state index in [-0.39, 0.29) is 23.4 Å². The predicted molar refractivity (Wildman–Crippen MR) is 106 cm³/mol. The van der Waals surface area contributed by atoms with Gasteiger partial charge >= 0.3 is 12.1 Å². The molecule has 0 spiro atoms. The standard InChI is InChI=1S/C19H21F3N4O3S/c1-3-28-24-14-8-9-26(11-15(14)30-2)16(27)10-12-4-6-13(7-5-12)17-23-18(29-25-17)19(20,21)22/h4-7,15H,3,8-11H2,1-2H3. The maximum absolute atomic E-state index is 12.7. The summed E-state index contributed by atoms with van der Waals surface area (Å²) >= 11 is 1.63. The maximum Gasteiger partial charge on any atom is 0.471 e. The second-order valence-electron chi connectivity index (χ2n) is 6.61. The molecule has 1 aliphatic heterocycles. The molecule has 0 N–H and O–H groups in total. The van der Waals surface area contributed by atoms with Crippen LogP contribution in [-0.4, -0.2) is 57.9 Å². The fourth-order valence-corrected chi connectivity index (χ4v) is 3.77. The number of hydrogen-bond acceptors (Lipinski definition) is 7. The second-order valence-corrected chi connectivity index (χ2v) is 7.65. The Hall–Kier alpha value is -2.56. The van der Waals surface area contributed by atoms with E-state index in [0.29, 0.717) is 31.7 Å². The van der Waals surface area contributed by atoms with E-state index in [9.17, 15) is 18.0 Å². The van der Waals surface area contributed by atoms with Crippen molar-refractivity contribution in [2.45, 2.75) is 31.2 Å². The minimum Gasteiger partial charge on any atom is -0.396 e. The van der Waals surface area contributed by atoms with Crippen LogP contribution in [0.25, 0.3) is 11.4 Å². The van der Waals surface area contributed by atoms with E-state index in [1.54, 1.807) is 40.9 Å². The summed E-state index contributed by atoms with van der Waals surface area (Å²) in [6.45, 7) is 3.51. The largest absolute Gasteiger partial charge is 0.471 e. The Morgan fingerprint density at radius 3 is 2.70 bits per heavy atom. The van der Waals surface area contributed by atoms with Gasteiger partial charge in [-0.15, -0.1) is 0 Å². The number of nitrogens with zero attached hydrogens (tertiary/aromatic N) is 4. The van der Waals surface area contributed by atoms with Crippen LogP contribution in [0.2, 0.25) is 0 Å². The smallest absolute Gasteiger partial charge is 0.396 e. The summed E-state index contributed by atoms with van der Waals surface area (Å²) in [7, 11) is 0. The van der Waals surface area contributed by atoms with Crippen LogP contribution in [0.3, 0.4) is 0 Å². The highest BCUT2D eigenvalue weighted by Gasteiger charge is 2.38. The van der Waals surface area contributed by atoms with Crippen molar-refractivity contribution in [3.05, 3.63) is 35.7 Å². The minimum absolute atomic E-state index is 0.0174. The maximum atomic E-state index is 12.7. The fourth-order valence-electron chi connectivity index (χ4n) is 3.01. The molecular weight excluding hydrogens is 421 g/mol. The minimum atomic E-state index is -4.69. The number of benzene rings is 1. The zero-order chi connectivity index (χ0) is 21.7. The Kier molecular flexibility index (Phi) is 7.01. The zero-order valence-corrected chi connectivity index (χ0v) is 17.3. The van der Waals surface area contributed by atoms with Crippen molar-refractivity contribution >= 4 is 23.4 Å². The number of oxime groups is 1. The molecule has 11 heteroatoms. The molecule has 7 nitrogen and oxygen atoms in total. The highest BCUT2D eigenvalue weighted by molar-refractivity contribution is 8.00. The summed E-state index contributed by atoms with van der Waals surface area (Å²) in [4.78, 5) is 23.0. The highest BCUT2D eigenvalue weighted by atomic mass is 32.2. The summed E-state index contributed by atoms with van der Waals surface area (Å²) in [5, 5.41) is 7.61. The molecular formula is C19H21F3N4O3S. The first-order valence-electron chi connectivity index (χ1n) is 9.31. The number of carbonyl (C=O) groups excluding carboxylic acids is 1. The quantitative estimate of drug-likeness (QED) is 0.636. The molecule has 1 aromatic carbocycles. The summed E-state index contributed by atoms with van der Waals surface area (Å²) in [6.07, 6.45) is -1.86. The van der Waals surface area contributed by atoms with Crippen molar-refractivity contribution in [2.75, 3.05) is 26.0 Å². The van der Waals surface area contributed by atoms with Crippen LogP contribution in [0.15, 0.2) is 33.9 Å². The van der Waals surface area contributed by atoms with Gasteiger partial charge in [0.25, 0.3) is 0 Å². The van der Waals surface area contributed by atoms with Gasteiger partial charge in [-0.05, 0) is 18.7 Å². The molecule has 2 heterocycles. The first-order valence-corrected chi connectivity index (χ1v) is 10.6. The number of aromatic nitrogens is 2. The second kappa shape index (κ2) is 9.50. The monoisotopic (exact) mass is 442 g/mol. The van der Waals surface area contributed by atoms with Crippen LogP contribution in [-0.2, 0) is 22.2 Å². The molecule has 0 radical (unpaired) electrons. The fraction of sp³-hybridized carbons (Fsp3) is 0.474. The van der Waals surface area contributed by atoms with Crippen LogP contribution in [0.1, 0.15) is 24.8 Å². The van der Waals surface area contributed by atoms with E-state index >= 15 is 0 Å². The molecule has 1 aromatic heterocycles. The molecule has 1 unspecified atom stereocenters. The van der Waals surface area contributed by atoms with Crippen LogP contribution in [0.5, 0.6) is 0 Å². The van der Waals surface area contributed by atoms with Gasteiger partial charge in [-0.25, -0.2) is 0 Å². The van der Waals surface area contributed by atoms with Gasteiger partial charge in [0.1, 0.15) is 6.61 Å². The summed E-state index contributed by atoms with van der Waals surface area (Å²) in [6, 6.07) is 6.49. The van der Waals surface area contributed by atoms with E-state index in [4.69, 9.17) is 4.84 Å². The Morgan fingerprint density at radius 1 is 1.37 bits per heavy atom. The van der Waals surface area contributed by atoms with Crippen molar-refractivity contribution in [1.29, 1.82) is 0 Å². The lowest BCUT2D eigenvalue weighted by Gasteiger charge is -2.32. The number of alkyl halides is 3.